The van der Waals surface area contributed by atoms with E-state index in [1.54, 1.807) is 11.3 Å². The molecule has 21 heavy (non-hydrogen) atoms. The number of hydrogen-bond donors (Lipinski definition) is 1. The molecule has 0 aliphatic carbocycles. The van der Waals surface area contributed by atoms with Crippen LogP contribution >= 0.6 is 11.3 Å². The lowest BCUT2D eigenvalue weighted by molar-refractivity contribution is 0.277. The van der Waals surface area contributed by atoms with Crippen molar-refractivity contribution in [2.75, 3.05) is 18.0 Å². The second kappa shape index (κ2) is 6.15. The van der Waals surface area contributed by atoms with Crippen LogP contribution < -0.4 is 4.90 Å². The quantitative estimate of drug-likeness (QED) is 0.943. The highest BCUT2D eigenvalue weighted by Crippen LogP contribution is 2.31. The summed E-state index contributed by atoms with van der Waals surface area (Å²) in [5, 5.41) is 12.1. The van der Waals surface area contributed by atoms with Crippen molar-refractivity contribution < 1.29 is 5.11 Å². The third-order valence-corrected chi connectivity index (χ3v) is 4.96. The molecule has 1 N–H and O–H groups in total. The van der Waals surface area contributed by atoms with Crippen LogP contribution in [0.3, 0.4) is 0 Å². The summed E-state index contributed by atoms with van der Waals surface area (Å²) in [7, 11) is 0. The first kappa shape index (κ1) is 14.5. The predicted molar refractivity (Wildman–Crippen MR) is 84.8 cm³/mol. The maximum atomic E-state index is 9.16. The van der Waals surface area contributed by atoms with E-state index in [9.17, 15) is 0 Å². The molecule has 6 heteroatoms. The van der Waals surface area contributed by atoms with Gasteiger partial charge >= 0.3 is 0 Å². The fraction of sp³-hybridized carbons (Fsp3) is 0.600. The molecule has 5 nitrogen and oxygen atoms in total. The maximum Gasteiger partial charge on any atom is 0.185 e. The Labute approximate surface area is 129 Å². The number of hydrogen-bond acceptors (Lipinski definition) is 5. The number of imidazole rings is 1. The molecule has 1 unspecified atom stereocenters. The zero-order valence-electron chi connectivity index (χ0n) is 12.6. The second-order valence-corrected chi connectivity index (χ2v) is 6.69. The normalized spacial score (nSPS) is 19.4. The Kier molecular flexibility index (Phi) is 4.26. The lowest BCUT2D eigenvalue weighted by atomic mass is 9.97. The molecule has 114 valence electrons. The van der Waals surface area contributed by atoms with Crippen LogP contribution in [-0.4, -0.2) is 32.7 Å². The number of anilines is 1. The molecule has 0 aromatic carbocycles. The zero-order valence-corrected chi connectivity index (χ0v) is 13.4. The SMILES string of the molecule is CC(C)n1ccnc1C1CCCN(c2nc(CO)cs2)C1. The van der Waals surface area contributed by atoms with E-state index >= 15 is 0 Å². The monoisotopic (exact) mass is 306 g/mol. The number of rotatable bonds is 4. The van der Waals surface area contributed by atoms with Crippen LogP contribution in [0.4, 0.5) is 5.13 Å². The van der Waals surface area contributed by atoms with Gasteiger partial charge in [-0.05, 0) is 26.7 Å². The summed E-state index contributed by atoms with van der Waals surface area (Å²) in [5.41, 5.74) is 0.765. The Morgan fingerprint density at radius 2 is 2.33 bits per heavy atom. The minimum atomic E-state index is 0.0194. The largest absolute Gasteiger partial charge is 0.390 e. The summed E-state index contributed by atoms with van der Waals surface area (Å²) in [4.78, 5) is 11.4. The first-order valence-corrected chi connectivity index (χ1v) is 8.40. The Morgan fingerprint density at radius 3 is 3.05 bits per heavy atom. The first-order valence-electron chi connectivity index (χ1n) is 7.52. The predicted octanol–water partition coefficient (Wildman–Crippen LogP) is 2.80. The molecule has 0 saturated carbocycles. The summed E-state index contributed by atoms with van der Waals surface area (Å²) < 4.78 is 2.27. The summed E-state index contributed by atoms with van der Waals surface area (Å²) in [6.45, 7) is 6.41. The van der Waals surface area contributed by atoms with E-state index in [0.29, 0.717) is 12.0 Å². The van der Waals surface area contributed by atoms with E-state index in [4.69, 9.17) is 5.11 Å². The van der Waals surface area contributed by atoms with Crippen molar-refractivity contribution in [1.29, 1.82) is 0 Å². The van der Waals surface area contributed by atoms with Crippen LogP contribution in [-0.2, 0) is 6.61 Å². The zero-order chi connectivity index (χ0) is 14.8. The molecular formula is C15H22N4OS. The van der Waals surface area contributed by atoms with Gasteiger partial charge in [0, 0.05) is 42.8 Å². The van der Waals surface area contributed by atoms with Crippen LogP contribution in [0.15, 0.2) is 17.8 Å². The minimum absolute atomic E-state index is 0.0194. The molecule has 0 spiro atoms. The van der Waals surface area contributed by atoms with Gasteiger partial charge in [-0.2, -0.15) is 0 Å². The summed E-state index contributed by atoms with van der Waals surface area (Å²) in [6.07, 6.45) is 6.32. The van der Waals surface area contributed by atoms with Crippen LogP contribution in [0.2, 0.25) is 0 Å². The molecule has 1 saturated heterocycles. The Morgan fingerprint density at radius 1 is 1.48 bits per heavy atom. The number of piperidine rings is 1. The number of thiazole rings is 1. The maximum absolute atomic E-state index is 9.16. The molecule has 0 amide bonds. The second-order valence-electron chi connectivity index (χ2n) is 5.85. The molecular weight excluding hydrogens is 284 g/mol. The summed E-state index contributed by atoms with van der Waals surface area (Å²) in [6, 6.07) is 0.443. The summed E-state index contributed by atoms with van der Waals surface area (Å²) >= 11 is 1.62. The average Bonchev–Trinajstić information content (AvgIpc) is 3.16. The van der Waals surface area contributed by atoms with E-state index in [0.717, 1.165) is 30.3 Å². The molecule has 1 aliphatic heterocycles. The average molecular weight is 306 g/mol. The van der Waals surface area contributed by atoms with E-state index in [-0.39, 0.29) is 6.61 Å². The van der Waals surface area contributed by atoms with Crippen molar-refractivity contribution in [2.45, 2.75) is 45.3 Å². The highest BCUT2D eigenvalue weighted by atomic mass is 32.1. The van der Waals surface area contributed by atoms with Gasteiger partial charge in [0.2, 0.25) is 0 Å². The number of aromatic nitrogens is 3. The van der Waals surface area contributed by atoms with Crippen molar-refractivity contribution in [3.8, 4) is 0 Å². The molecule has 3 rings (SSSR count). The van der Waals surface area contributed by atoms with Gasteiger partial charge in [-0.15, -0.1) is 11.3 Å². The number of aliphatic hydroxyl groups is 1. The van der Waals surface area contributed by atoms with Crippen LogP contribution in [0, 0.1) is 0 Å². The van der Waals surface area contributed by atoms with Crippen LogP contribution in [0.1, 0.15) is 50.2 Å². The lowest BCUT2D eigenvalue weighted by Crippen LogP contribution is -2.35. The van der Waals surface area contributed by atoms with Crippen molar-refractivity contribution >= 4 is 16.5 Å². The van der Waals surface area contributed by atoms with Gasteiger partial charge in [0.15, 0.2) is 5.13 Å². The Hall–Kier alpha value is -1.40. The van der Waals surface area contributed by atoms with Crippen molar-refractivity contribution in [3.05, 3.63) is 29.3 Å². The molecule has 1 atom stereocenters. The van der Waals surface area contributed by atoms with Crippen LogP contribution in [0.5, 0.6) is 0 Å². The molecule has 3 heterocycles. The molecule has 0 bridgehead atoms. The van der Waals surface area contributed by atoms with Gasteiger partial charge in [-0.1, -0.05) is 0 Å². The van der Waals surface area contributed by atoms with Crippen molar-refractivity contribution in [2.24, 2.45) is 0 Å². The van der Waals surface area contributed by atoms with E-state index in [1.807, 2.05) is 11.6 Å². The Bertz CT molecular complexity index is 592. The highest BCUT2D eigenvalue weighted by Gasteiger charge is 2.26. The fourth-order valence-electron chi connectivity index (χ4n) is 2.95. The first-order chi connectivity index (χ1) is 10.2. The van der Waals surface area contributed by atoms with Gasteiger partial charge in [-0.3, -0.25) is 0 Å². The summed E-state index contributed by atoms with van der Waals surface area (Å²) in [5.74, 6) is 1.64. The number of aliphatic hydroxyl groups excluding tert-OH is 1. The molecule has 1 fully saturated rings. The Balaban J connectivity index is 1.77. The smallest absolute Gasteiger partial charge is 0.185 e. The topological polar surface area (TPSA) is 54.2 Å². The molecule has 1 aliphatic rings. The van der Waals surface area contributed by atoms with Gasteiger partial charge in [0.05, 0.1) is 12.3 Å². The van der Waals surface area contributed by atoms with Gasteiger partial charge < -0.3 is 14.6 Å². The highest BCUT2D eigenvalue weighted by molar-refractivity contribution is 7.13. The third-order valence-electron chi connectivity index (χ3n) is 4.01. The third kappa shape index (κ3) is 2.96. The van der Waals surface area contributed by atoms with Crippen molar-refractivity contribution in [3.63, 3.8) is 0 Å². The van der Waals surface area contributed by atoms with E-state index in [2.05, 4.69) is 39.5 Å². The van der Waals surface area contributed by atoms with Crippen LogP contribution in [0.25, 0.3) is 0 Å². The lowest BCUT2D eigenvalue weighted by Gasteiger charge is -2.32. The van der Waals surface area contributed by atoms with Gasteiger partial charge in [-0.25, -0.2) is 9.97 Å². The van der Waals surface area contributed by atoms with Gasteiger partial charge in [0.1, 0.15) is 5.82 Å². The number of nitrogens with zero attached hydrogens (tertiary/aromatic N) is 4. The minimum Gasteiger partial charge on any atom is -0.390 e. The van der Waals surface area contributed by atoms with Crippen molar-refractivity contribution in [1.82, 2.24) is 14.5 Å². The molecule has 2 aromatic heterocycles. The molecule has 2 aromatic rings. The standard InChI is InChI=1S/C15H22N4OS/c1-11(2)19-7-5-16-14(19)12-4-3-6-18(8-12)15-17-13(9-20)10-21-15/h5,7,10-12,20H,3-4,6,8-9H2,1-2H3. The fourth-order valence-corrected chi connectivity index (χ4v) is 3.81. The van der Waals surface area contributed by atoms with Gasteiger partial charge in [0.25, 0.3) is 0 Å². The van der Waals surface area contributed by atoms with E-state index in [1.165, 1.54) is 12.2 Å². The van der Waals surface area contributed by atoms with E-state index < -0.39 is 0 Å². The molecule has 0 radical (unpaired) electrons.